The summed E-state index contributed by atoms with van der Waals surface area (Å²) in [6, 6.07) is 1.47. The topological polar surface area (TPSA) is 50.2 Å². The normalized spacial score (nSPS) is 9.30. The van der Waals surface area contributed by atoms with Crippen molar-refractivity contribution < 1.29 is 9.90 Å². The van der Waals surface area contributed by atoms with E-state index in [1.54, 1.807) is 0 Å². The first kappa shape index (κ1) is 7.29. The zero-order chi connectivity index (χ0) is 7.56. The van der Waals surface area contributed by atoms with E-state index in [0.29, 0.717) is 4.35 Å². The first-order valence-electron chi connectivity index (χ1n) is 2.58. The van der Waals surface area contributed by atoms with Gasteiger partial charge in [-0.05, 0) is 0 Å². The zero-order valence-electron chi connectivity index (χ0n) is 4.98. The van der Waals surface area contributed by atoms with E-state index < -0.39 is 5.97 Å². The quantitative estimate of drug-likeness (QED) is 0.621. The van der Waals surface area contributed by atoms with Gasteiger partial charge in [0.25, 0.3) is 0 Å². The summed E-state index contributed by atoms with van der Waals surface area (Å²) in [5.74, 6) is -0.918. The summed E-state index contributed by atoms with van der Waals surface area (Å²) in [4.78, 5) is 14.1. The molecule has 1 heterocycles. The fourth-order valence-corrected chi connectivity index (χ4v) is 1.06. The van der Waals surface area contributed by atoms with Gasteiger partial charge in [0, 0.05) is 0 Å². The first-order chi connectivity index (χ1) is 4.72. The van der Waals surface area contributed by atoms with Crippen LogP contribution in [0.25, 0.3) is 0 Å². The minimum atomic E-state index is -0.918. The zero-order valence-corrected chi connectivity index (χ0v) is 6.86. The van der Waals surface area contributed by atoms with Gasteiger partial charge in [-0.1, -0.05) is 0 Å². The number of aromatic nitrogens is 1. The van der Waals surface area contributed by atoms with Crippen molar-refractivity contribution in [2.24, 2.45) is 0 Å². The average molecular weight is 197 g/mol. The second-order valence-corrected chi connectivity index (χ2v) is 2.71. The van der Waals surface area contributed by atoms with E-state index >= 15 is 0 Å². The van der Waals surface area contributed by atoms with Gasteiger partial charge in [0.2, 0.25) is 0 Å². The van der Waals surface area contributed by atoms with E-state index in [2.05, 4.69) is 21.8 Å². The molecule has 0 spiro atoms. The second-order valence-electron chi connectivity index (χ2n) is 1.70. The van der Waals surface area contributed by atoms with Crippen LogP contribution in [0.5, 0.6) is 0 Å². The van der Waals surface area contributed by atoms with Crippen molar-refractivity contribution >= 4 is 27.2 Å². The summed E-state index contributed by atoms with van der Waals surface area (Å²) in [5.41, 5.74) is 0.287. The SMILES string of the molecule is O=C(O)c1ccncc1[As]. The van der Waals surface area contributed by atoms with E-state index in [4.69, 9.17) is 5.11 Å². The Morgan fingerprint density at radius 1 is 1.70 bits per heavy atom. The van der Waals surface area contributed by atoms with Crippen molar-refractivity contribution in [3.8, 4) is 0 Å². The number of pyridine rings is 1. The number of carboxylic acids is 1. The standard InChI is InChI=1S/C6H4AsNO2/c7-5-3-8-2-1-4(5)6(9)10/h1-3H,(H,9,10). The second kappa shape index (κ2) is 2.84. The van der Waals surface area contributed by atoms with Crippen LogP contribution in [-0.4, -0.2) is 32.9 Å². The third-order valence-electron chi connectivity index (χ3n) is 1.03. The predicted octanol–water partition coefficient (Wildman–Crippen LogP) is -0.426. The fraction of sp³-hybridized carbons (Fsp3) is 0. The van der Waals surface area contributed by atoms with Gasteiger partial charge in [0.15, 0.2) is 0 Å². The molecule has 0 aromatic carbocycles. The average Bonchev–Trinajstić information content (AvgIpc) is 1.88. The van der Waals surface area contributed by atoms with Gasteiger partial charge in [-0.25, -0.2) is 0 Å². The summed E-state index contributed by atoms with van der Waals surface area (Å²) in [6.07, 6.45) is 2.96. The number of hydrogen-bond donors (Lipinski definition) is 1. The Morgan fingerprint density at radius 2 is 2.40 bits per heavy atom. The molecule has 10 heavy (non-hydrogen) atoms. The molecule has 4 heteroatoms. The molecule has 1 aromatic heterocycles. The van der Waals surface area contributed by atoms with Crippen LogP contribution in [0.15, 0.2) is 18.5 Å². The number of rotatable bonds is 1. The van der Waals surface area contributed by atoms with Gasteiger partial charge < -0.3 is 0 Å². The molecule has 0 amide bonds. The Hall–Kier alpha value is -0.822. The van der Waals surface area contributed by atoms with Gasteiger partial charge in [0.05, 0.1) is 0 Å². The van der Waals surface area contributed by atoms with Crippen LogP contribution < -0.4 is 4.35 Å². The third-order valence-corrected chi connectivity index (χ3v) is 1.78. The summed E-state index contributed by atoms with van der Waals surface area (Å²) >= 11 is 2.16. The van der Waals surface area contributed by atoms with Gasteiger partial charge >= 0.3 is 66.1 Å². The summed E-state index contributed by atoms with van der Waals surface area (Å²) in [7, 11) is 0. The van der Waals surface area contributed by atoms with E-state index in [1.807, 2.05) is 0 Å². The van der Waals surface area contributed by atoms with Crippen molar-refractivity contribution in [2.75, 3.05) is 0 Å². The number of carbonyl (C=O) groups is 1. The van der Waals surface area contributed by atoms with E-state index in [1.165, 1.54) is 18.5 Å². The van der Waals surface area contributed by atoms with Crippen LogP contribution in [0.2, 0.25) is 0 Å². The number of aromatic carboxylic acids is 1. The summed E-state index contributed by atoms with van der Waals surface area (Å²) < 4.78 is 0.627. The monoisotopic (exact) mass is 197 g/mol. The molecule has 0 unspecified atom stereocenters. The van der Waals surface area contributed by atoms with Gasteiger partial charge in [-0.3, -0.25) is 0 Å². The van der Waals surface area contributed by atoms with Gasteiger partial charge in [0.1, 0.15) is 0 Å². The van der Waals surface area contributed by atoms with Crippen LogP contribution in [0.4, 0.5) is 0 Å². The molecular weight excluding hydrogens is 193 g/mol. The van der Waals surface area contributed by atoms with Crippen LogP contribution in [0, 0.1) is 0 Å². The molecule has 0 saturated heterocycles. The molecule has 0 saturated carbocycles. The maximum atomic E-state index is 10.4. The predicted molar refractivity (Wildman–Crippen MR) is 36.6 cm³/mol. The van der Waals surface area contributed by atoms with Crippen molar-refractivity contribution in [1.29, 1.82) is 0 Å². The Morgan fingerprint density at radius 3 is 2.80 bits per heavy atom. The Kier molecular flexibility index (Phi) is 2.07. The molecule has 1 aromatic rings. The summed E-state index contributed by atoms with van der Waals surface area (Å²) in [5, 5.41) is 8.53. The Bertz CT molecular complexity index is 262. The minimum absolute atomic E-state index is 0.287. The van der Waals surface area contributed by atoms with Gasteiger partial charge in [-0.15, -0.1) is 0 Å². The van der Waals surface area contributed by atoms with Crippen molar-refractivity contribution in [3.63, 3.8) is 0 Å². The summed E-state index contributed by atoms with van der Waals surface area (Å²) in [6.45, 7) is 0. The molecule has 0 atom stereocenters. The number of hydrogen-bond acceptors (Lipinski definition) is 2. The van der Waals surface area contributed by atoms with E-state index in [9.17, 15) is 4.79 Å². The van der Waals surface area contributed by atoms with Crippen molar-refractivity contribution in [3.05, 3.63) is 24.0 Å². The van der Waals surface area contributed by atoms with Crippen LogP contribution in [0.3, 0.4) is 0 Å². The first-order valence-corrected chi connectivity index (χ1v) is 3.52. The van der Waals surface area contributed by atoms with E-state index in [0.717, 1.165) is 0 Å². The molecule has 50 valence electrons. The van der Waals surface area contributed by atoms with Crippen molar-refractivity contribution in [1.82, 2.24) is 4.98 Å². The van der Waals surface area contributed by atoms with Crippen LogP contribution >= 0.6 is 0 Å². The molecule has 0 fully saturated rings. The molecule has 2 radical (unpaired) electrons. The van der Waals surface area contributed by atoms with E-state index in [-0.39, 0.29) is 5.56 Å². The molecular formula is C6H4AsNO2. The van der Waals surface area contributed by atoms with Crippen molar-refractivity contribution in [2.45, 2.75) is 0 Å². The molecule has 1 rings (SSSR count). The molecule has 0 aliphatic heterocycles. The molecule has 1 N–H and O–H groups in total. The van der Waals surface area contributed by atoms with Gasteiger partial charge in [-0.2, -0.15) is 0 Å². The third kappa shape index (κ3) is 1.36. The van der Waals surface area contributed by atoms with Crippen LogP contribution in [-0.2, 0) is 0 Å². The Balaban J connectivity index is 3.15. The molecule has 3 nitrogen and oxygen atoms in total. The molecule has 0 bridgehead atoms. The number of nitrogens with zero attached hydrogens (tertiary/aromatic N) is 1. The Labute approximate surface area is 66.6 Å². The fourth-order valence-electron chi connectivity index (χ4n) is 0.567. The molecule has 0 aliphatic rings. The number of carboxylic acid groups (broad SMARTS) is 1. The van der Waals surface area contributed by atoms with Crippen LogP contribution in [0.1, 0.15) is 10.4 Å². The maximum absolute atomic E-state index is 10.4. The molecule has 0 aliphatic carbocycles.